The molecule has 0 unspecified atom stereocenters. The van der Waals surface area contributed by atoms with Gasteiger partial charge in [-0.2, -0.15) is 0 Å². The number of anilines is 1. The molecule has 4 heterocycles. The highest BCUT2D eigenvalue weighted by Gasteiger charge is 2.24. The zero-order valence-corrected chi connectivity index (χ0v) is 17.6. The number of rotatable bonds is 5. The molecule has 2 aliphatic rings. The molecule has 2 aliphatic heterocycles. The van der Waals surface area contributed by atoms with E-state index in [1.165, 1.54) is 19.3 Å². The molecule has 0 saturated carbocycles. The van der Waals surface area contributed by atoms with Crippen molar-refractivity contribution in [2.75, 3.05) is 31.1 Å². The minimum atomic E-state index is -0.0367. The third kappa shape index (κ3) is 5.01. The lowest BCUT2D eigenvalue weighted by Crippen LogP contribution is -2.36. The summed E-state index contributed by atoms with van der Waals surface area (Å²) in [6.07, 6.45) is 9.70. The van der Waals surface area contributed by atoms with E-state index in [4.69, 9.17) is 4.98 Å². The van der Waals surface area contributed by atoms with Crippen LogP contribution in [0.15, 0.2) is 23.3 Å². The Bertz CT molecular complexity index is 856. The van der Waals surface area contributed by atoms with Crippen LogP contribution in [0, 0.1) is 0 Å². The Morgan fingerprint density at radius 1 is 1.10 bits per heavy atom. The molecule has 7 nitrogen and oxygen atoms in total. The zero-order valence-electron chi connectivity index (χ0n) is 17.6. The van der Waals surface area contributed by atoms with Crippen LogP contribution in [0.25, 0.3) is 0 Å². The van der Waals surface area contributed by atoms with Gasteiger partial charge in [-0.1, -0.05) is 13.8 Å². The summed E-state index contributed by atoms with van der Waals surface area (Å²) in [5, 5.41) is 0. The highest BCUT2D eigenvalue weighted by atomic mass is 16.1. The average Bonchev–Trinajstić information content (AvgIpc) is 2.74. The van der Waals surface area contributed by atoms with Crippen LogP contribution in [0.4, 0.5) is 5.95 Å². The lowest BCUT2D eigenvalue weighted by molar-refractivity contribution is 0.198. The van der Waals surface area contributed by atoms with Crippen LogP contribution in [0.3, 0.4) is 0 Å². The molecule has 0 aliphatic carbocycles. The number of piperidine rings is 2. The lowest BCUT2D eigenvalue weighted by atomic mass is 9.94. The van der Waals surface area contributed by atoms with Crippen LogP contribution in [0.1, 0.15) is 74.9 Å². The summed E-state index contributed by atoms with van der Waals surface area (Å²) in [6, 6.07) is 1.70. The highest BCUT2D eigenvalue weighted by molar-refractivity contribution is 5.31. The second-order valence-corrected chi connectivity index (χ2v) is 8.72. The van der Waals surface area contributed by atoms with Gasteiger partial charge in [0.05, 0.1) is 5.69 Å². The van der Waals surface area contributed by atoms with Gasteiger partial charge in [0.15, 0.2) is 0 Å². The largest absolute Gasteiger partial charge is 0.342 e. The minimum absolute atomic E-state index is 0.0367. The van der Waals surface area contributed by atoms with Crippen molar-refractivity contribution in [3.05, 3.63) is 45.9 Å². The van der Waals surface area contributed by atoms with Gasteiger partial charge >= 0.3 is 0 Å². The summed E-state index contributed by atoms with van der Waals surface area (Å²) in [5.74, 6) is 2.29. The molecule has 1 N–H and O–H groups in total. The summed E-state index contributed by atoms with van der Waals surface area (Å²) < 4.78 is 0. The molecule has 0 amide bonds. The van der Waals surface area contributed by atoms with Gasteiger partial charge in [-0.3, -0.25) is 14.7 Å². The Morgan fingerprint density at radius 3 is 2.59 bits per heavy atom. The Balaban J connectivity index is 1.45. The molecule has 2 aromatic rings. The monoisotopic (exact) mass is 396 g/mol. The van der Waals surface area contributed by atoms with Crippen molar-refractivity contribution in [3.8, 4) is 0 Å². The van der Waals surface area contributed by atoms with E-state index >= 15 is 0 Å². The number of H-pyrrole nitrogens is 1. The normalized spacial score (nSPS) is 20.9. The average molecular weight is 397 g/mol. The molecule has 2 aromatic heterocycles. The molecule has 7 heteroatoms. The molecule has 1 atom stereocenters. The standard InChI is InChI=1S/C22H32N6O/c1-16(2)21-23-12-17(13-24-21)14-27-8-6-7-18(15-27)19-11-20(29)26-22(25-19)28-9-4-3-5-10-28/h11-13,16,18H,3-10,14-15H2,1-2H3,(H,25,26,29)/t18-/m1/s1. The number of hydrogen-bond acceptors (Lipinski definition) is 6. The molecule has 29 heavy (non-hydrogen) atoms. The van der Waals surface area contributed by atoms with Gasteiger partial charge in [-0.25, -0.2) is 15.0 Å². The van der Waals surface area contributed by atoms with E-state index < -0.39 is 0 Å². The van der Waals surface area contributed by atoms with Crippen LogP contribution in [-0.2, 0) is 6.54 Å². The summed E-state index contributed by atoms with van der Waals surface area (Å²) in [5.41, 5.74) is 2.04. The smallest absolute Gasteiger partial charge is 0.252 e. The maximum Gasteiger partial charge on any atom is 0.252 e. The Hall–Kier alpha value is -2.28. The first-order chi connectivity index (χ1) is 14.1. The fraction of sp³-hybridized carbons (Fsp3) is 0.636. The third-order valence-corrected chi connectivity index (χ3v) is 5.98. The molecule has 156 valence electrons. The molecule has 2 fully saturated rings. The molecular weight excluding hydrogens is 364 g/mol. The number of nitrogens with zero attached hydrogens (tertiary/aromatic N) is 5. The Morgan fingerprint density at radius 2 is 1.86 bits per heavy atom. The third-order valence-electron chi connectivity index (χ3n) is 5.98. The van der Waals surface area contributed by atoms with Crippen molar-refractivity contribution >= 4 is 5.95 Å². The lowest BCUT2D eigenvalue weighted by Gasteiger charge is -2.33. The molecule has 0 spiro atoms. The van der Waals surface area contributed by atoms with Crippen LogP contribution < -0.4 is 10.5 Å². The maximum absolute atomic E-state index is 12.3. The van der Waals surface area contributed by atoms with Gasteiger partial charge in [0.2, 0.25) is 5.95 Å². The fourth-order valence-electron chi connectivity index (χ4n) is 4.37. The van der Waals surface area contributed by atoms with Crippen LogP contribution in [-0.4, -0.2) is 51.0 Å². The van der Waals surface area contributed by atoms with E-state index in [2.05, 4.69) is 38.6 Å². The van der Waals surface area contributed by atoms with Gasteiger partial charge in [0, 0.05) is 62.0 Å². The molecular formula is C22H32N6O. The number of likely N-dealkylation sites (tertiary alicyclic amines) is 1. The molecule has 0 radical (unpaired) electrons. The van der Waals surface area contributed by atoms with E-state index in [0.29, 0.717) is 11.8 Å². The zero-order chi connectivity index (χ0) is 20.2. The first kappa shape index (κ1) is 20.0. The van der Waals surface area contributed by atoms with Crippen LogP contribution in [0.2, 0.25) is 0 Å². The molecule has 0 aromatic carbocycles. The van der Waals surface area contributed by atoms with Gasteiger partial charge in [0.1, 0.15) is 5.82 Å². The van der Waals surface area contributed by atoms with E-state index in [9.17, 15) is 4.79 Å². The topological polar surface area (TPSA) is 78.0 Å². The van der Waals surface area contributed by atoms with Gasteiger partial charge < -0.3 is 4.90 Å². The number of aromatic amines is 1. The predicted molar refractivity (Wildman–Crippen MR) is 114 cm³/mol. The summed E-state index contributed by atoms with van der Waals surface area (Å²) in [7, 11) is 0. The van der Waals surface area contributed by atoms with Gasteiger partial charge in [-0.05, 0) is 38.6 Å². The first-order valence-corrected chi connectivity index (χ1v) is 11.0. The summed E-state index contributed by atoms with van der Waals surface area (Å²) >= 11 is 0. The SMILES string of the molecule is CC(C)c1ncc(CN2CCC[C@@H](c3cc(=O)[nH]c(N4CCCCC4)n3)C2)cn1. The van der Waals surface area contributed by atoms with Crippen molar-refractivity contribution < 1.29 is 0 Å². The Kier molecular flexibility index (Phi) is 6.23. The maximum atomic E-state index is 12.3. The molecule has 0 bridgehead atoms. The fourth-order valence-corrected chi connectivity index (χ4v) is 4.37. The van der Waals surface area contributed by atoms with E-state index in [1.807, 2.05) is 12.4 Å². The molecule has 4 rings (SSSR count). The van der Waals surface area contributed by atoms with Crippen LogP contribution >= 0.6 is 0 Å². The second kappa shape index (κ2) is 9.03. The highest BCUT2D eigenvalue weighted by Crippen LogP contribution is 2.27. The quantitative estimate of drug-likeness (QED) is 0.837. The van der Waals surface area contributed by atoms with E-state index in [1.54, 1.807) is 6.07 Å². The minimum Gasteiger partial charge on any atom is -0.342 e. The van der Waals surface area contributed by atoms with Crippen LogP contribution in [0.5, 0.6) is 0 Å². The first-order valence-electron chi connectivity index (χ1n) is 11.0. The number of aromatic nitrogens is 4. The van der Waals surface area contributed by atoms with Crippen molar-refractivity contribution in [2.45, 2.75) is 64.3 Å². The van der Waals surface area contributed by atoms with Crippen molar-refractivity contribution in [1.82, 2.24) is 24.8 Å². The Labute approximate surface area is 172 Å². The molecule has 2 saturated heterocycles. The second-order valence-electron chi connectivity index (χ2n) is 8.72. The van der Waals surface area contributed by atoms with Crippen molar-refractivity contribution in [1.29, 1.82) is 0 Å². The summed E-state index contributed by atoms with van der Waals surface area (Å²) in [4.78, 5) is 33.8. The van der Waals surface area contributed by atoms with E-state index in [0.717, 1.165) is 68.6 Å². The summed E-state index contributed by atoms with van der Waals surface area (Å²) in [6.45, 7) is 9.00. The van der Waals surface area contributed by atoms with Crippen molar-refractivity contribution in [2.24, 2.45) is 0 Å². The van der Waals surface area contributed by atoms with Gasteiger partial charge in [-0.15, -0.1) is 0 Å². The van der Waals surface area contributed by atoms with Crippen molar-refractivity contribution in [3.63, 3.8) is 0 Å². The number of hydrogen-bond donors (Lipinski definition) is 1. The van der Waals surface area contributed by atoms with E-state index in [-0.39, 0.29) is 5.56 Å². The number of nitrogens with one attached hydrogen (secondary N) is 1. The predicted octanol–water partition coefficient (Wildman–Crippen LogP) is 3.05. The van der Waals surface area contributed by atoms with Gasteiger partial charge in [0.25, 0.3) is 5.56 Å².